The van der Waals surface area contributed by atoms with Crippen LogP contribution in [0, 0.1) is 0 Å². The van der Waals surface area contributed by atoms with Gasteiger partial charge in [0.05, 0.1) is 12.8 Å². The highest BCUT2D eigenvalue weighted by molar-refractivity contribution is 7.88. The minimum Gasteiger partial charge on any atom is -0.460 e. The van der Waals surface area contributed by atoms with Crippen LogP contribution in [-0.4, -0.2) is 38.7 Å². The van der Waals surface area contributed by atoms with Crippen molar-refractivity contribution < 1.29 is 27.1 Å². The molecule has 0 saturated carbocycles. The fraction of sp³-hybridized carbons (Fsp3) is 0.278. The third kappa shape index (κ3) is 5.11. The number of nitrogens with zero attached hydrogens (tertiary/aromatic N) is 1. The maximum Gasteiger partial charge on any atom is 0.244 e. The molecule has 1 amide bonds. The summed E-state index contributed by atoms with van der Waals surface area (Å²) in [6.45, 7) is 0.685. The van der Waals surface area contributed by atoms with Crippen LogP contribution in [0.5, 0.6) is 11.5 Å². The number of carbonyl (C=O) groups excluding carboxylic acids is 1. The summed E-state index contributed by atoms with van der Waals surface area (Å²) in [5.74, 6) is 2.03. The highest BCUT2D eigenvalue weighted by atomic mass is 32.2. The zero-order valence-electron chi connectivity index (χ0n) is 15.0. The molecular formula is C18H20N2O6S. The number of nitrogens with one attached hydrogen (secondary N) is 1. The zero-order valence-corrected chi connectivity index (χ0v) is 15.8. The first-order valence-electron chi connectivity index (χ1n) is 8.16. The van der Waals surface area contributed by atoms with E-state index in [1.54, 1.807) is 18.2 Å². The second kappa shape index (κ2) is 7.85. The van der Waals surface area contributed by atoms with Gasteiger partial charge in [-0.25, -0.2) is 8.42 Å². The van der Waals surface area contributed by atoms with Crippen LogP contribution >= 0.6 is 0 Å². The molecule has 0 fully saturated rings. The molecule has 144 valence electrons. The normalized spacial score (nSPS) is 13.4. The number of hydrogen-bond donors (Lipinski definition) is 1. The molecule has 1 aromatic heterocycles. The number of carbonyl (C=O) groups is 1. The second-order valence-corrected chi connectivity index (χ2v) is 8.15. The Morgan fingerprint density at radius 3 is 2.78 bits per heavy atom. The molecule has 0 radical (unpaired) electrons. The molecule has 0 bridgehead atoms. The van der Waals surface area contributed by atoms with Crippen molar-refractivity contribution in [2.24, 2.45) is 0 Å². The van der Waals surface area contributed by atoms with Gasteiger partial charge in [0.1, 0.15) is 11.5 Å². The van der Waals surface area contributed by atoms with Crippen molar-refractivity contribution in [1.29, 1.82) is 0 Å². The molecule has 9 heteroatoms. The lowest BCUT2D eigenvalue weighted by Gasteiger charge is -2.11. The highest BCUT2D eigenvalue weighted by Gasteiger charge is 2.14. The van der Waals surface area contributed by atoms with Gasteiger partial charge in [-0.05, 0) is 35.9 Å². The summed E-state index contributed by atoms with van der Waals surface area (Å²) in [7, 11) is -1.81. The SMILES string of the molecule is CN(Cc1ccc(/C=C/C(=O)NCc2ccc3c(c2)OCO3)o1)S(C)(=O)=O. The van der Waals surface area contributed by atoms with E-state index in [0.29, 0.717) is 29.6 Å². The number of hydrogen-bond acceptors (Lipinski definition) is 6. The smallest absolute Gasteiger partial charge is 0.244 e. The van der Waals surface area contributed by atoms with Gasteiger partial charge in [-0.3, -0.25) is 4.79 Å². The van der Waals surface area contributed by atoms with Crippen molar-refractivity contribution in [1.82, 2.24) is 9.62 Å². The van der Waals surface area contributed by atoms with Crippen LogP contribution in [0.2, 0.25) is 0 Å². The summed E-state index contributed by atoms with van der Waals surface area (Å²) >= 11 is 0. The van der Waals surface area contributed by atoms with Crippen molar-refractivity contribution in [3.05, 3.63) is 53.5 Å². The van der Waals surface area contributed by atoms with E-state index >= 15 is 0 Å². The standard InChI is InChI=1S/C18H20N2O6S/c1-20(27(2,22)23)11-15-5-4-14(26-15)6-8-18(21)19-10-13-3-7-16-17(9-13)25-12-24-16/h3-9H,10-12H2,1-2H3,(H,19,21)/b8-6+. The summed E-state index contributed by atoms with van der Waals surface area (Å²) < 4.78 is 40.1. The molecule has 8 nitrogen and oxygen atoms in total. The first kappa shape index (κ1) is 19.0. The molecule has 27 heavy (non-hydrogen) atoms. The molecule has 2 aromatic rings. The topological polar surface area (TPSA) is 98.1 Å². The van der Waals surface area contributed by atoms with E-state index in [1.807, 2.05) is 12.1 Å². The van der Waals surface area contributed by atoms with Crippen LogP contribution in [0.1, 0.15) is 17.1 Å². The van der Waals surface area contributed by atoms with Crippen LogP contribution in [0.4, 0.5) is 0 Å². The Bertz CT molecular complexity index is 964. The number of rotatable bonds is 7. The zero-order chi connectivity index (χ0) is 19.4. The Morgan fingerprint density at radius 1 is 1.22 bits per heavy atom. The van der Waals surface area contributed by atoms with Gasteiger partial charge < -0.3 is 19.2 Å². The average Bonchev–Trinajstić information content (AvgIpc) is 3.25. The van der Waals surface area contributed by atoms with Gasteiger partial charge in [0, 0.05) is 19.7 Å². The molecule has 0 unspecified atom stereocenters. The maximum atomic E-state index is 12.0. The van der Waals surface area contributed by atoms with Crippen molar-refractivity contribution >= 4 is 22.0 Å². The molecule has 1 aliphatic heterocycles. The summed E-state index contributed by atoms with van der Waals surface area (Å²) in [6.07, 6.45) is 4.01. The summed E-state index contributed by atoms with van der Waals surface area (Å²) in [5, 5.41) is 2.77. The Hall–Kier alpha value is -2.78. The van der Waals surface area contributed by atoms with Crippen LogP contribution < -0.4 is 14.8 Å². The maximum absolute atomic E-state index is 12.0. The van der Waals surface area contributed by atoms with Crippen LogP contribution in [0.25, 0.3) is 6.08 Å². The lowest BCUT2D eigenvalue weighted by atomic mass is 10.2. The molecule has 1 N–H and O–H groups in total. The van der Waals surface area contributed by atoms with Crippen molar-refractivity contribution in [3.8, 4) is 11.5 Å². The van der Waals surface area contributed by atoms with E-state index in [0.717, 1.165) is 11.8 Å². The van der Waals surface area contributed by atoms with Gasteiger partial charge in [0.15, 0.2) is 11.5 Å². The van der Waals surface area contributed by atoms with Gasteiger partial charge in [-0.2, -0.15) is 4.31 Å². The Morgan fingerprint density at radius 2 is 2.00 bits per heavy atom. The Kier molecular flexibility index (Phi) is 5.52. The third-order valence-electron chi connectivity index (χ3n) is 3.93. The van der Waals surface area contributed by atoms with E-state index < -0.39 is 10.0 Å². The molecule has 2 heterocycles. The monoisotopic (exact) mass is 392 g/mol. The minimum atomic E-state index is -3.28. The average molecular weight is 392 g/mol. The van der Waals surface area contributed by atoms with Crippen LogP contribution in [0.15, 0.2) is 40.8 Å². The minimum absolute atomic E-state index is 0.128. The Balaban J connectivity index is 1.51. The van der Waals surface area contributed by atoms with E-state index in [2.05, 4.69) is 5.32 Å². The van der Waals surface area contributed by atoms with Crippen LogP contribution in [0.3, 0.4) is 0 Å². The molecule has 1 aliphatic rings. The first-order chi connectivity index (χ1) is 12.8. The molecule has 3 rings (SSSR count). The summed E-state index contributed by atoms with van der Waals surface area (Å²) in [5.41, 5.74) is 0.894. The lowest BCUT2D eigenvalue weighted by Crippen LogP contribution is -2.24. The van der Waals surface area contributed by atoms with Crippen molar-refractivity contribution in [2.45, 2.75) is 13.1 Å². The molecule has 1 aromatic carbocycles. The van der Waals surface area contributed by atoms with Crippen LogP contribution in [-0.2, 0) is 27.9 Å². The Labute approximate surface area is 157 Å². The second-order valence-electron chi connectivity index (χ2n) is 6.06. The molecular weight excluding hydrogens is 372 g/mol. The van der Waals surface area contributed by atoms with Gasteiger partial charge >= 0.3 is 0 Å². The van der Waals surface area contributed by atoms with Gasteiger partial charge in [-0.1, -0.05) is 6.07 Å². The van der Waals surface area contributed by atoms with Gasteiger partial charge in [0.2, 0.25) is 22.7 Å². The summed E-state index contributed by atoms with van der Waals surface area (Å²) in [4.78, 5) is 12.0. The predicted molar refractivity (Wildman–Crippen MR) is 98.5 cm³/mol. The first-order valence-corrected chi connectivity index (χ1v) is 10.0. The number of ether oxygens (including phenoxy) is 2. The largest absolute Gasteiger partial charge is 0.460 e. The van der Waals surface area contributed by atoms with Gasteiger partial charge in [0.25, 0.3) is 0 Å². The highest BCUT2D eigenvalue weighted by Crippen LogP contribution is 2.32. The van der Waals surface area contributed by atoms with Crippen molar-refractivity contribution in [3.63, 3.8) is 0 Å². The van der Waals surface area contributed by atoms with E-state index in [-0.39, 0.29) is 19.2 Å². The number of furan rings is 1. The number of amides is 1. The number of benzene rings is 1. The fourth-order valence-electron chi connectivity index (χ4n) is 2.36. The quantitative estimate of drug-likeness (QED) is 0.721. The fourth-order valence-corrected chi connectivity index (χ4v) is 2.72. The van der Waals surface area contributed by atoms with Gasteiger partial charge in [-0.15, -0.1) is 0 Å². The lowest BCUT2D eigenvalue weighted by molar-refractivity contribution is -0.116. The molecule has 0 atom stereocenters. The van der Waals surface area contributed by atoms with E-state index in [4.69, 9.17) is 13.9 Å². The number of fused-ring (bicyclic) bond motifs is 1. The molecule has 0 saturated heterocycles. The third-order valence-corrected chi connectivity index (χ3v) is 5.19. The van der Waals surface area contributed by atoms with E-state index in [1.165, 1.54) is 23.5 Å². The molecule has 0 spiro atoms. The predicted octanol–water partition coefficient (Wildman–Crippen LogP) is 1.73. The van der Waals surface area contributed by atoms with Crippen molar-refractivity contribution in [2.75, 3.05) is 20.1 Å². The van der Waals surface area contributed by atoms with E-state index in [9.17, 15) is 13.2 Å². The molecule has 0 aliphatic carbocycles. The summed E-state index contributed by atoms with van der Waals surface area (Å²) in [6, 6.07) is 8.83. The number of sulfonamides is 1.